The quantitative estimate of drug-likeness (QED) is 0.859. The molecule has 3 nitrogen and oxygen atoms in total. The maximum atomic E-state index is 13.1. The second kappa shape index (κ2) is 6.37. The zero-order chi connectivity index (χ0) is 16.3. The highest BCUT2D eigenvalue weighted by Gasteiger charge is 2.37. The zero-order valence-electron chi connectivity index (χ0n) is 11.5. The summed E-state index contributed by atoms with van der Waals surface area (Å²) in [6.07, 6.45) is -4.67. The molecule has 0 bridgehead atoms. The van der Waals surface area contributed by atoms with Crippen molar-refractivity contribution in [3.63, 3.8) is 0 Å². The van der Waals surface area contributed by atoms with Gasteiger partial charge in [-0.05, 0) is 24.3 Å². The first-order valence-electron chi connectivity index (χ1n) is 6.29. The van der Waals surface area contributed by atoms with E-state index in [1.165, 1.54) is 13.1 Å². The van der Waals surface area contributed by atoms with Gasteiger partial charge in [-0.25, -0.2) is 10.4 Å². The summed E-state index contributed by atoms with van der Waals surface area (Å²) in [7, 11) is 1.44. The molecule has 0 saturated heterocycles. The first kappa shape index (κ1) is 16.3. The zero-order valence-corrected chi connectivity index (χ0v) is 12.2. The SMILES string of the molecule is CNN(C(=O)c1c(Cl)cccc1C(F)(F)F)c1ccccc1. The number of amides is 1. The fraction of sp³-hybridized carbons (Fsp3) is 0.133. The second-order valence-electron chi connectivity index (χ2n) is 4.36. The third kappa shape index (κ3) is 3.23. The lowest BCUT2D eigenvalue weighted by Gasteiger charge is -2.23. The van der Waals surface area contributed by atoms with Crippen LogP contribution in [-0.2, 0) is 6.18 Å². The molecule has 0 heterocycles. The lowest BCUT2D eigenvalue weighted by Crippen LogP contribution is -2.41. The Hall–Kier alpha value is -2.05. The topological polar surface area (TPSA) is 32.3 Å². The average Bonchev–Trinajstić information content (AvgIpc) is 2.47. The number of hydrogen-bond donors (Lipinski definition) is 1. The molecule has 0 saturated carbocycles. The molecule has 2 aromatic carbocycles. The molecule has 0 aliphatic carbocycles. The monoisotopic (exact) mass is 328 g/mol. The minimum absolute atomic E-state index is 0.254. The number of para-hydroxylation sites is 1. The van der Waals surface area contributed by atoms with Crippen molar-refractivity contribution in [3.8, 4) is 0 Å². The van der Waals surface area contributed by atoms with E-state index in [0.29, 0.717) is 5.69 Å². The Labute approximate surface area is 130 Å². The number of hydrazine groups is 1. The Kier molecular flexibility index (Phi) is 4.73. The number of nitrogens with one attached hydrogen (secondary N) is 1. The fourth-order valence-electron chi connectivity index (χ4n) is 2.01. The van der Waals surface area contributed by atoms with E-state index in [9.17, 15) is 18.0 Å². The molecule has 0 aliphatic rings. The summed E-state index contributed by atoms with van der Waals surface area (Å²) in [6.45, 7) is 0. The van der Waals surface area contributed by atoms with Crippen LogP contribution in [0.1, 0.15) is 15.9 Å². The van der Waals surface area contributed by atoms with E-state index in [4.69, 9.17) is 11.6 Å². The van der Waals surface area contributed by atoms with E-state index in [1.807, 2.05) is 0 Å². The molecule has 22 heavy (non-hydrogen) atoms. The minimum atomic E-state index is -4.67. The largest absolute Gasteiger partial charge is 0.417 e. The Bertz CT molecular complexity index is 674. The van der Waals surface area contributed by atoms with Crippen molar-refractivity contribution in [2.75, 3.05) is 12.1 Å². The normalized spacial score (nSPS) is 11.3. The average molecular weight is 329 g/mol. The molecule has 2 aromatic rings. The highest BCUT2D eigenvalue weighted by molar-refractivity contribution is 6.34. The summed E-state index contributed by atoms with van der Waals surface area (Å²) >= 11 is 5.84. The van der Waals surface area contributed by atoms with Gasteiger partial charge in [-0.1, -0.05) is 35.9 Å². The molecule has 1 N–H and O–H groups in total. The number of alkyl halides is 3. The van der Waals surface area contributed by atoms with Crippen molar-refractivity contribution in [1.29, 1.82) is 0 Å². The van der Waals surface area contributed by atoms with Gasteiger partial charge in [0.25, 0.3) is 5.91 Å². The van der Waals surface area contributed by atoms with Gasteiger partial charge in [0, 0.05) is 7.05 Å². The smallest absolute Gasteiger partial charge is 0.267 e. The van der Waals surface area contributed by atoms with Crippen LogP contribution in [0.15, 0.2) is 48.5 Å². The highest BCUT2D eigenvalue weighted by atomic mass is 35.5. The van der Waals surface area contributed by atoms with Crippen molar-refractivity contribution in [2.24, 2.45) is 0 Å². The summed E-state index contributed by atoms with van der Waals surface area (Å²) in [6, 6.07) is 11.5. The van der Waals surface area contributed by atoms with Gasteiger partial charge in [0.05, 0.1) is 21.8 Å². The number of nitrogens with zero attached hydrogens (tertiary/aromatic N) is 1. The van der Waals surface area contributed by atoms with Crippen LogP contribution < -0.4 is 10.4 Å². The Morgan fingerprint density at radius 1 is 1.09 bits per heavy atom. The third-order valence-corrected chi connectivity index (χ3v) is 3.29. The molecule has 116 valence electrons. The first-order valence-corrected chi connectivity index (χ1v) is 6.66. The summed E-state index contributed by atoms with van der Waals surface area (Å²) < 4.78 is 39.3. The maximum absolute atomic E-state index is 13.1. The molecule has 0 aliphatic heterocycles. The highest BCUT2D eigenvalue weighted by Crippen LogP contribution is 2.35. The molecule has 2 rings (SSSR count). The number of halogens is 4. The second-order valence-corrected chi connectivity index (χ2v) is 4.77. The van der Waals surface area contributed by atoms with Gasteiger partial charge in [-0.2, -0.15) is 13.2 Å². The summed E-state index contributed by atoms with van der Waals surface area (Å²) in [4.78, 5) is 12.5. The maximum Gasteiger partial charge on any atom is 0.417 e. The van der Waals surface area contributed by atoms with Crippen LogP contribution in [0.5, 0.6) is 0 Å². The van der Waals surface area contributed by atoms with E-state index in [0.717, 1.165) is 17.1 Å². The summed E-state index contributed by atoms with van der Waals surface area (Å²) in [5, 5.41) is 0.757. The molecule has 0 atom stereocenters. The van der Waals surface area contributed by atoms with Crippen molar-refractivity contribution < 1.29 is 18.0 Å². The van der Waals surface area contributed by atoms with Gasteiger partial charge >= 0.3 is 6.18 Å². The molecule has 0 spiro atoms. The van der Waals surface area contributed by atoms with Crippen LogP contribution in [0, 0.1) is 0 Å². The first-order chi connectivity index (χ1) is 10.4. The molecule has 1 amide bonds. The Morgan fingerprint density at radius 3 is 2.27 bits per heavy atom. The van der Waals surface area contributed by atoms with E-state index >= 15 is 0 Å². The summed E-state index contributed by atoms with van der Waals surface area (Å²) in [5.74, 6) is -0.883. The third-order valence-electron chi connectivity index (χ3n) is 2.97. The minimum Gasteiger partial charge on any atom is -0.267 e. The Morgan fingerprint density at radius 2 is 1.73 bits per heavy atom. The number of carbonyl (C=O) groups excluding carboxylic acids is 1. The molecule has 0 aromatic heterocycles. The van der Waals surface area contributed by atoms with E-state index in [2.05, 4.69) is 5.43 Å². The van der Waals surface area contributed by atoms with Crippen LogP contribution in [0.3, 0.4) is 0 Å². The molecular weight excluding hydrogens is 317 g/mol. The predicted molar refractivity (Wildman–Crippen MR) is 78.8 cm³/mol. The van der Waals surface area contributed by atoms with Gasteiger partial charge in [-0.3, -0.25) is 4.79 Å². The lowest BCUT2D eigenvalue weighted by atomic mass is 10.1. The summed E-state index contributed by atoms with van der Waals surface area (Å²) in [5.41, 5.74) is 1.33. The number of rotatable bonds is 3. The predicted octanol–water partition coefficient (Wildman–Crippen LogP) is 4.14. The number of hydrogen-bond acceptors (Lipinski definition) is 2. The number of carbonyl (C=O) groups is 1. The van der Waals surface area contributed by atoms with Crippen molar-refractivity contribution >= 4 is 23.2 Å². The van der Waals surface area contributed by atoms with Gasteiger partial charge in [0.1, 0.15) is 0 Å². The van der Waals surface area contributed by atoms with Crippen LogP contribution in [0.2, 0.25) is 5.02 Å². The van der Waals surface area contributed by atoms with Crippen LogP contribution in [-0.4, -0.2) is 13.0 Å². The van der Waals surface area contributed by atoms with Crippen molar-refractivity contribution in [1.82, 2.24) is 5.43 Å². The van der Waals surface area contributed by atoms with Crippen LogP contribution in [0.4, 0.5) is 18.9 Å². The standard InChI is InChI=1S/C15H12ClF3N2O/c1-20-21(10-6-3-2-4-7-10)14(22)13-11(15(17,18)19)8-5-9-12(13)16/h2-9,20H,1H3. The van der Waals surface area contributed by atoms with Crippen molar-refractivity contribution in [2.45, 2.75) is 6.18 Å². The van der Waals surface area contributed by atoms with E-state index in [1.54, 1.807) is 30.3 Å². The molecule has 0 unspecified atom stereocenters. The van der Waals surface area contributed by atoms with E-state index < -0.39 is 23.2 Å². The van der Waals surface area contributed by atoms with Gasteiger partial charge in [0.2, 0.25) is 0 Å². The molecule has 7 heteroatoms. The van der Waals surface area contributed by atoms with Crippen LogP contribution >= 0.6 is 11.6 Å². The number of benzene rings is 2. The fourth-order valence-corrected chi connectivity index (χ4v) is 2.27. The molecule has 0 fully saturated rings. The lowest BCUT2D eigenvalue weighted by molar-refractivity contribution is -0.137. The molecule has 0 radical (unpaired) electrons. The number of anilines is 1. The van der Waals surface area contributed by atoms with E-state index in [-0.39, 0.29) is 5.02 Å². The van der Waals surface area contributed by atoms with Gasteiger partial charge in [0.15, 0.2) is 0 Å². The Balaban J connectivity index is 2.53. The van der Waals surface area contributed by atoms with Crippen molar-refractivity contribution in [3.05, 3.63) is 64.7 Å². The van der Waals surface area contributed by atoms with Gasteiger partial charge in [-0.15, -0.1) is 0 Å². The molecular formula is C15H12ClF3N2O. The van der Waals surface area contributed by atoms with Gasteiger partial charge < -0.3 is 0 Å². The van der Waals surface area contributed by atoms with Crippen LogP contribution in [0.25, 0.3) is 0 Å².